The van der Waals surface area contributed by atoms with Gasteiger partial charge in [-0.1, -0.05) is 12.1 Å². The van der Waals surface area contributed by atoms with Crippen molar-refractivity contribution < 1.29 is 17.6 Å². The highest BCUT2D eigenvalue weighted by atomic mass is 32.2. The van der Waals surface area contributed by atoms with Crippen molar-refractivity contribution in [3.05, 3.63) is 54.0 Å². The Balaban J connectivity index is 1.62. The standard InChI is InChI=1S/C18H17FN6O3S/c19-11-3-1-2-10(6-11)15-5-4-13-14(7-22-17(20)16(13)24-15)18(26)23-12-8-25(9-12)29(21,27)28/h1-7,12H,8-9H2,(H2,20,22)(H,23,26)(H2,21,27,28). The van der Waals surface area contributed by atoms with E-state index in [1.54, 1.807) is 24.3 Å². The summed E-state index contributed by atoms with van der Waals surface area (Å²) in [6.45, 7) is 0.208. The molecule has 1 aliphatic heterocycles. The number of hydrogen-bond donors (Lipinski definition) is 3. The second-order valence-corrected chi connectivity index (χ2v) is 8.24. The minimum absolute atomic E-state index is 0.104. The minimum atomic E-state index is -3.76. The Bertz CT molecular complexity index is 1230. The van der Waals surface area contributed by atoms with Crippen molar-refractivity contribution >= 4 is 32.8 Å². The Morgan fingerprint density at radius 3 is 2.69 bits per heavy atom. The van der Waals surface area contributed by atoms with E-state index in [1.807, 2.05) is 0 Å². The molecule has 5 N–H and O–H groups in total. The number of nitrogens with one attached hydrogen (secondary N) is 1. The number of rotatable bonds is 4. The number of halogens is 1. The van der Waals surface area contributed by atoms with Gasteiger partial charge in [-0.05, 0) is 24.3 Å². The predicted molar refractivity (Wildman–Crippen MR) is 105 cm³/mol. The third kappa shape index (κ3) is 3.75. The molecule has 1 fully saturated rings. The molecule has 150 valence electrons. The van der Waals surface area contributed by atoms with Gasteiger partial charge in [-0.2, -0.15) is 12.7 Å². The van der Waals surface area contributed by atoms with Crippen molar-refractivity contribution in [2.45, 2.75) is 6.04 Å². The number of anilines is 1. The average Bonchev–Trinajstić information content (AvgIpc) is 2.63. The van der Waals surface area contributed by atoms with Gasteiger partial charge in [0, 0.05) is 30.2 Å². The summed E-state index contributed by atoms with van der Waals surface area (Å²) in [6.07, 6.45) is 1.34. The quantitative estimate of drug-likeness (QED) is 0.569. The molecule has 3 heterocycles. The second-order valence-electron chi connectivity index (χ2n) is 6.69. The van der Waals surface area contributed by atoms with Crippen LogP contribution in [-0.4, -0.2) is 47.7 Å². The Morgan fingerprint density at radius 2 is 2.00 bits per heavy atom. The normalized spacial score (nSPS) is 15.2. The number of carbonyl (C=O) groups is 1. The Labute approximate surface area is 165 Å². The van der Waals surface area contributed by atoms with Crippen LogP contribution in [0.15, 0.2) is 42.6 Å². The molecule has 1 amide bonds. The molecule has 3 aromatic rings. The number of nitrogens with two attached hydrogens (primary N) is 2. The van der Waals surface area contributed by atoms with Crippen molar-refractivity contribution in [3.8, 4) is 11.3 Å². The first kappa shape index (κ1) is 19.2. The molecular formula is C18H17FN6O3S. The molecule has 0 bridgehead atoms. The topological polar surface area (TPSA) is 144 Å². The third-order valence-corrected chi connectivity index (χ3v) is 5.69. The van der Waals surface area contributed by atoms with E-state index in [2.05, 4.69) is 15.3 Å². The van der Waals surface area contributed by atoms with Gasteiger partial charge in [0.05, 0.1) is 17.3 Å². The van der Waals surface area contributed by atoms with Crippen LogP contribution in [0.2, 0.25) is 0 Å². The molecule has 29 heavy (non-hydrogen) atoms. The van der Waals surface area contributed by atoms with Crippen LogP contribution in [-0.2, 0) is 10.2 Å². The van der Waals surface area contributed by atoms with E-state index in [9.17, 15) is 17.6 Å². The first-order valence-electron chi connectivity index (χ1n) is 8.62. The van der Waals surface area contributed by atoms with Crippen molar-refractivity contribution in [1.82, 2.24) is 19.6 Å². The van der Waals surface area contributed by atoms with Crippen LogP contribution in [0, 0.1) is 5.82 Å². The zero-order chi connectivity index (χ0) is 20.8. The fourth-order valence-corrected chi connectivity index (χ4v) is 3.90. The number of nitrogens with zero attached hydrogens (tertiary/aromatic N) is 3. The van der Waals surface area contributed by atoms with E-state index in [1.165, 1.54) is 18.3 Å². The fraction of sp³-hybridized carbons (Fsp3) is 0.167. The summed E-state index contributed by atoms with van der Waals surface area (Å²) >= 11 is 0. The maximum Gasteiger partial charge on any atom is 0.277 e. The molecule has 2 aromatic heterocycles. The second kappa shape index (κ2) is 7.03. The fourth-order valence-electron chi connectivity index (χ4n) is 3.13. The molecule has 0 unspecified atom stereocenters. The first-order valence-corrected chi connectivity index (χ1v) is 10.1. The molecular weight excluding hydrogens is 399 g/mol. The molecule has 11 heteroatoms. The lowest BCUT2D eigenvalue weighted by atomic mass is 10.1. The molecule has 0 radical (unpaired) electrons. The molecule has 1 aliphatic rings. The third-order valence-electron chi connectivity index (χ3n) is 4.67. The van der Waals surface area contributed by atoms with Crippen LogP contribution in [0.3, 0.4) is 0 Å². The molecule has 0 saturated carbocycles. The monoisotopic (exact) mass is 416 g/mol. The summed E-state index contributed by atoms with van der Waals surface area (Å²) in [6, 6.07) is 8.96. The number of carbonyl (C=O) groups excluding carboxylic acids is 1. The van der Waals surface area contributed by atoms with Gasteiger partial charge >= 0.3 is 0 Å². The highest BCUT2D eigenvalue weighted by Crippen LogP contribution is 2.26. The van der Waals surface area contributed by atoms with Gasteiger partial charge in [-0.15, -0.1) is 0 Å². The van der Waals surface area contributed by atoms with Crippen LogP contribution in [0.1, 0.15) is 10.4 Å². The molecule has 0 atom stereocenters. The van der Waals surface area contributed by atoms with Gasteiger partial charge in [0.15, 0.2) is 0 Å². The van der Waals surface area contributed by atoms with Crippen LogP contribution in [0.4, 0.5) is 10.2 Å². The molecule has 9 nitrogen and oxygen atoms in total. The van der Waals surface area contributed by atoms with Gasteiger partial charge in [-0.25, -0.2) is 19.5 Å². The maximum atomic E-state index is 13.5. The van der Waals surface area contributed by atoms with E-state index in [4.69, 9.17) is 10.9 Å². The molecule has 1 aromatic carbocycles. The molecule has 4 rings (SSSR count). The summed E-state index contributed by atoms with van der Waals surface area (Å²) in [5.41, 5.74) is 7.57. The van der Waals surface area contributed by atoms with E-state index < -0.39 is 21.9 Å². The van der Waals surface area contributed by atoms with E-state index >= 15 is 0 Å². The first-order chi connectivity index (χ1) is 13.7. The lowest BCUT2D eigenvalue weighted by Gasteiger charge is -2.36. The van der Waals surface area contributed by atoms with Crippen molar-refractivity contribution in [2.24, 2.45) is 5.14 Å². The van der Waals surface area contributed by atoms with Gasteiger partial charge in [-0.3, -0.25) is 4.79 Å². The van der Waals surface area contributed by atoms with Crippen LogP contribution >= 0.6 is 0 Å². The Hall–Kier alpha value is -3.15. The van der Waals surface area contributed by atoms with Crippen LogP contribution in [0.25, 0.3) is 22.2 Å². The van der Waals surface area contributed by atoms with E-state index in [0.717, 1.165) is 4.31 Å². The van der Waals surface area contributed by atoms with Crippen molar-refractivity contribution in [3.63, 3.8) is 0 Å². The van der Waals surface area contributed by atoms with Gasteiger partial charge < -0.3 is 11.1 Å². The zero-order valence-corrected chi connectivity index (χ0v) is 15.9. The van der Waals surface area contributed by atoms with E-state index in [-0.39, 0.29) is 30.5 Å². The molecule has 0 spiro atoms. The summed E-state index contributed by atoms with van der Waals surface area (Å²) < 4.78 is 37.0. The van der Waals surface area contributed by atoms with Crippen LogP contribution < -0.4 is 16.2 Å². The number of benzene rings is 1. The van der Waals surface area contributed by atoms with Gasteiger partial charge in [0.25, 0.3) is 16.1 Å². The highest BCUT2D eigenvalue weighted by molar-refractivity contribution is 7.86. The SMILES string of the molecule is Nc1ncc(C(=O)NC2CN(S(N)(=O)=O)C2)c2ccc(-c3cccc(F)c3)nc12. The summed E-state index contributed by atoms with van der Waals surface area (Å²) in [7, 11) is -3.76. The lowest BCUT2D eigenvalue weighted by Crippen LogP contribution is -2.62. The number of hydrogen-bond acceptors (Lipinski definition) is 6. The largest absolute Gasteiger partial charge is 0.382 e. The number of pyridine rings is 2. The summed E-state index contributed by atoms with van der Waals surface area (Å²) in [4.78, 5) is 21.1. The highest BCUT2D eigenvalue weighted by Gasteiger charge is 2.35. The maximum absolute atomic E-state index is 13.5. The number of fused-ring (bicyclic) bond motifs is 1. The minimum Gasteiger partial charge on any atom is -0.382 e. The van der Waals surface area contributed by atoms with Crippen LogP contribution in [0.5, 0.6) is 0 Å². The summed E-state index contributed by atoms with van der Waals surface area (Å²) in [5, 5.41) is 8.26. The van der Waals surface area contributed by atoms with Gasteiger partial charge in [0.2, 0.25) is 0 Å². The smallest absolute Gasteiger partial charge is 0.277 e. The molecule has 0 aliphatic carbocycles. The number of amides is 1. The number of aromatic nitrogens is 2. The summed E-state index contributed by atoms with van der Waals surface area (Å²) in [5.74, 6) is -0.682. The Morgan fingerprint density at radius 1 is 1.24 bits per heavy atom. The number of nitrogen functional groups attached to an aromatic ring is 1. The molecule has 1 saturated heterocycles. The van der Waals surface area contributed by atoms with Crippen molar-refractivity contribution in [2.75, 3.05) is 18.8 Å². The van der Waals surface area contributed by atoms with E-state index in [0.29, 0.717) is 22.2 Å². The predicted octanol–water partition coefficient (Wildman–Crippen LogP) is 0.636. The average molecular weight is 416 g/mol. The van der Waals surface area contributed by atoms with Crippen molar-refractivity contribution in [1.29, 1.82) is 0 Å². The van der Waals surface area contributed by atoms with Gasteiger partial charge in [0.1, 0.15) is 17.2 Å². The Kier molecular flexibility index (Phi) is 4.65. The zero-order valence-electron chi connectivity index (χ0n) is 15.0. The lowest BCUT2D eigenvalue weighted by molar-refractivity contribution is 0.0897.